The Bertz CT molecular complexity index is 924. The minimum Gasteiger partial charge on any atom is -0.507 e. The molecule has 2 saturated heterocycles. The number of rotatable bonds is 4. The van der Waals surface area contributed by atoms with Gasteiger partial charge in [0.05, 0.1) is 5.69 Å². The van der Waals surface area contributed by atoms with Crippen molar-refractivity contribution in [3.63, 3.8) is 0 Å². The number of aromatic nitrogens is 2. The molecule has 3 aliphatic rings. The number of nitrogens with zero attached hydrogens (tertiary/aromatic N) is 4. The van der Waals surface area contributed by atoms with Gasteiger partial charge in [0.25, 0.3) is 0 Å². The van der Waals surface area contributed by atoms with Crippen molar-refractivity contribution in [2.24, 2.45) is 5.92 Å². The first-order chi connectivity index (χ1) is 14.5. The summed E-state index contributed by atoms with van der Waals surface area (Å²) in [6.07, 6.45) is 7.58. The Kier molecular flexibility index (Phi) is 5.15. The number of phenols is 1. The molecule has 2 aromatic rings. The molecule has 0 spiro atoms. The van der Waals surface area contributed by atoms with Crippen LogP contribution in [-0.2, 0) is 13.0 Å². The second-order valence-corrected chi connectivity index (χ2v) is 9.41. The molecule has 3 atom stereocenters. The smallest absolute Gasteiger partial charge is 0.225 e. The molecule has 5 rings (SSSR count). The molecular formula is C24H32N4O2. The van der Waals surface area contributed by atoms with Gasteiger partial charge in [0.2, 0.25) is 5.95 Å². The molecule has 1 aromatic heterocycles. The average molecular weight is 409 g/mol. The fraction of sp³-hybridized carbons (Fsp3) is 0.583. The zero-order valence-electron chi connectivity index (χ0n) is 18.0. The summed E-state index contributed by atoms with van der Waals surface area (Å²) < 4.78 is 0. The minimum absolute atomic E-state index is 0.247. The lowest BCUT2D eigenvalue weighted by atomic mass is 9.97. The number of aryl methyl sites for hydroxylation is 2. The van der Waals surface area contributed by atoms with Crippen molar-refractivity contribution in [2.75, 3.05) is 24.6 Å². The van der Waals surface area contributed by atoms with Crippen LogP contribution in [0, 0.1) is 19.8 Å². The Balaban J connectivity index is 1.37. The number of aliphatic hydroxyl groups excluding tert-OH is 1. The van der Waals surface area contributed by atoms with Gasteiger partial charge in [0.1, 0.15) is 5.75 Å². The Labute approximate surface area is 178 Å². The highest BCUT2D eigenvalue weighted by atomic mass is 16.3. The minimum atomic E-state index is 0.247. The molecule has 6 heteroatoms. The van der Waals surface area contributed by atoms with Crippen molar-refractivity contribution in [1.29, 1.82) is 0 Å². The molecule has 4 heterocycles. The van der Waals surface area contributed by atoms with Crippen molar-refractivity contribution in [1.82, 2.24) is 14.9 Å². The maximum absolute atomic E-state index is 10.1. The molecule has 6 nitrogen and oxygen atoms in total. The predicted molar refractivity (Wildman–Crippen MR) is 117 cm³/mol. The zero-order valence-corrected chi connectivity index (χ0v) is 18.0. The summed E-state index contributed by atoms with van der Waals surface area (Å²) in [5.74, 6) is 1.58. The van der Waals surface area contributed by atoms with E-state index in [2.05, 4.69) is 28.1 Å². The normalized spacial score (nSPS) is 26.1. The Hall–Kier alpha value is -2.18. The van der Waals surface area contributed by atoms with Crippen molar-refractivity contribution >= 4 is 5.95 Å². The summed E-state index contributed by atoms with van der Waals surface area (Å²) in [7, 11) is 0. The van der Waals surface area contributed by atoms with Crippen LogP contribution in [0.25, 0.3) is 0 Å². The van der Waals surface area contributed by atoms with Crippen LogP contribution in [0.3, 0.4) is 0 Å². The summed E-state index contributed by atoms with van der Waals surface area (Å²) in [5, 5.41) is 19.6. The molecule has 0 unspecified atom stereocenters. The lowest BCUT2D eigenvalue weighted by molar-refractivity contribution is 0.166. The Morgan fingerprint density at radius 1 is 1.13 bits per heavy atom. The zero-order chi connectivity index (χ0) is 20.8. The molecule has 30 heavy (non-hydrogen) atoms. The molecule has 0 amide bonds. The number of aliphatic hydroxyl groups is 1. The van der Waals surface area contributed by atoms with Crippen molar-refractivity contribution < 1.29 is 10.2 Å². The van der Waals surface area contributed by atoms with Gasteiger partial charge in [0, 0.05) is 56.5 Å². The van der Waals surface area contributed by atoms with Crippen LogP contribution in [0.2, 0.25) is 0 Å². The van der Waals surface area contributed by atoms with Gasteiger partial charge in [-0.05, 0) is 62.1 Å². The predicted octanol–water partition coefficient (Wildman–Crippen LogP) is 3.27. The summed E-state index contributed by atoms with van der Waals surface area (Å²) in [6.45, 7) is 6.94. The van der Waals surface area contributed by atoms with E-state index in [0.717, 1.165) is 62.4 Å². The number of anilines is 1. The maximum Gasteiger partial charge on any atom is 0.225 e. The van der Waals surface area contributed by atoms with Gasteiger partial charge in [-0.15, -0.1) is 0 Å². The number of hydrogen-bond donors (Lipinski definition) is 2. The molecular weight excluding hydrogens is 376 g/mol. The van der Waals surface area contributed by atoms with E-state index in [-0.39, 0.29) is 6.61 Å². The van der Waals surface area contributed by atoms with Gasteiger partial charge in [-0.3, -0.25) is 4.90 Å². The Morgan fingerprint density at radius 2 is 1.93 bits per heavy atom. The van der Waals surface area contributed by atoms with Crippen LogP contribution in [0.15, 0.2) is 18.3 Å². The van der Waals surface area contributed by atoms with Gasteiger partial charge < -0.3 is 15.1 Å². The second-order valence-electron chi connectivity index (χ2n) is 9.41. The molecule has 0 aliphatic carbocycles. The maximum atomic E-state index is 10.1. The largest absolute Gasteiger partial charge is 0.507 e. The lowest BCUT2D eigenvalue weighted by Crippen LogP contribution is -2.40. The SMILES string of the molecule is Cc1cc(CN2[C@H]3CC[C@H]2c2cnc(N4CCC[C@H](CO)C4)nc2C3)cc(C)c1O. The van der Waals surface area contributed by atoms with Gasteiger partial charge in [-0.2, -0.15) is 0 Å². The summed E-state index contributed by atoms with van der Waals surface area (Å²) >= 11 is 0. The molecule has 0 saturated carbocycles. The third kappa shape index (κ3) is 3.46. The highest BCUT2D eigenvalue weighted by Gasteiger charge is 2.41. The topological polar surface area (TPSA) is 72.7 Å². The van der Waals surface area contributed by atoms with E-state index in [9.17, 15) is 10.2 Å². The molecule has 1 aromatic carbocycles. The fourth-order valence-electron chi connectivity index (χ4n) is 5.71. The van der Waals surface area contributed by atoms with E-state index >= 15 is 0 Å². The number of benzene rings is 1. The quantitative estimate of drug-likeness (QED) is 0.809. The molecule has 3 aliphatic heterocycles. The van der Waals surface area contributed by atoms with Crippen molar-refractivity contribution in [3.8, 4) is 5.75 Å². The lowest BCUT2D eigenvalue weighted by Gasteiger charge is -2.37. The number of fused-ring (bicyclic) bond motifs is 4. The van der Waals surface area contributed by atoms with Gasteiger partial charge in [-0.1, -0.05) is 12.1 Å². The van der Waals surface area contributed by atoms with Crippen LogP contribution in [0.1, 0.15) is 59.7 Å². The van der Waals surface area contributed by atoms with Gasteiger partial charge >= 0.3 is 0 Å². The van der Waals surface area contributed by atoms with Crippen molar-refractivity contribution in [3.05, 3.63) is 46.3 Å². The van der Waals surface area contributed by atoms with E-state index in [1.807, 2.05) is 13.8 Å². The standard InChI is InChI=1S/C24H32N4O2/c1-15-8-18(9-16(2)23(15)30)13-28-19-5-6-22(28)20-11-25-24(26-21(20)10-19)27-7-3-4-17(12-27)14-29/h8-9,11,17,19,22,29-30H,3-7,10,12-14H2,1-2H3/t17-,19-,22-/m0/s1. The van der Waals surface area contributed by atoms with Crippen LogP contribution in [-0.4, -0.2) is 50.8 Å². The van der Waals surface area contributed by atoms with E-state index in [0.29, 0.717) is 23.8 Å². The molecule has 160 valence electrons. The molecule has 2 N–H and O–H groups in total. The summed E-state index contributed by atoms with van der Waals surface area (Å²) in [5.41, 5.74) is 5.67. The highest BCUT2D eigenvalue weighted by molar-refractivity contribution is 5.43. The van der Waals surface area contributed by atoms with Gasteiger partial charge in [-0.25, -0.2) is 9.97 Å². The van der Waals surface area contributed by atoms with Crippen LogP contribution in [0.4, 0.5) is 5.95 Å². The molecule has 0 radical (unpaired) electrons. The molecule has 2 fully saturated rings. The first kappa shape index (κ1) is 19.8. The number of hydrogen-bond acceptors (Lipinski definition) is 6. The van der Waals surface area contributed by atoms with E-state index in [1.54, 1.807) is 0 Å². The van der Waals surface area contributed by atoms with Crippen LogP contribution >= 0.6 is 0 Å². The summed E-state index contributed by atoms with van der Waals surface area (Å²) in [4.78, 5) is 14.6. The Morgan fingerprint density at radius 3 is 2.70 bits per heavy atom. The molecule has 2 bridgehead atoms. The first-order valence-corrected chi connectivity index (χ1v) is 11.3. The fourth-order valence-corrected chi connectivity index (χ4v) is 5.71. The van der Waals surface area contributed by atoms with E-state index in [4.69, 9.17) is 9.97 Å². The average Bonchev–Trinajstić information content (AvgIpc) is 3.03. The highest BCUT2D eigenvalue weighted by Crippen LogP contribution is 2.44. The number of piperidine rings is 1. The van der Waals surface area contributed by atoms with Gasteiger partial charge in [0.15, 0.2) is 0 Å². The van der Waals surface area contributed by atoms with Crippen LogP contribution in [0.5, 0.6) is 5.75 Å². The van der Waals surface area contributed by atoms with Crippen molar-refractivity contribution in [2.45, 2.75) is 64.6 Å². The third-order valence-electron chi connectivity index (χ3n) is 7.29. The monoisotopic (exact) mass is 408 g/mol. The summed E-state index contributed by atoms with van der Waals surface area (Å²) in [6, 6.07) is 5.13. The first-order valence-electron chi connectivity index (χ1n) is 11.3. The van der Waals surface area contributed by atoms with E-state index in [1.165, 1.54) is 23.2 Å². The third-order valence-corrected chi connectivity index (χ3v) is 7.29. The van der Waals surface area contributed by atoms with Crippen LogP contribution < -0.4 is 4.90 Å². The van der Waals surface area contributed by atoms with E-state index < -0.39 is 0 Å². The number of aromatic hydroxyl groups is 1. The second kappa shape index (κ2) is 7.82. The number of phenolic OH excluding ortho intramolecular Hbond substituents is 1.